The van der Waals surface area contributed by atoms with E-state index >= 15 is 0 Å². The van der Waals surface area contributed by atoms with E-state index in [-0.39, 0.29) is 17.9 Å². The van der Waals surface area contributed by atoms with Crippen molar-refractivity contribution in [2.75, 3.05) is 27.2 Å². The fourth-order valence-electron chi connectivity index (χ4n) is 1.54. The fraction of sp³-hybridized carbons (Fsp3) is 0.667. The lowest BCUT2D eigenvalue weighted by atomic mass is 9.98. The summed E-state index contributed by atoms with van der Waals surface area (Å²) in [5.74, 6) is 0.636. The molecule has 0 saturated carbocycles. The Morgan fingerprint density at radius 3 is 2.55 bits per heavy atom. The van der Waals surface area contributed by atoms with E-state index in [1.165, 1.54) is 0 Å². The molecule has 1 heterocycles. The predicted molar refractivity (Wildman–Crippen MR) is 92.3 cm³/mol. The van der Waals surface area contributed by atoms with Gasteiger partial charge < -0.3 is 15.5 Å². The van der Waals surface area contributed by atoms with Gasteiger partial charge in [0.2, 0.25) is 5.91 Å². The molecule has 0 spiro atoms. The monoisotopic (exact) mass is 325 g/mol. The number of nitrogens with one attached hydrogen (secondary N) is 2. The third-order valence-electron chi connectivity index (χ3n) is 2.84. The number of carbonyl (C=O) groups excluding carboxylic acids is 1. The molecule has 0 radical (unpaired) electrons. The summed E-state index contributed by atoms with van der Waals surface area (Å²) in [5.41, 5.74) is 1.01. The first-order valence-corrected chi connectivity index (χ1v) is 8.29. The molecule has 2 N–H and O–H groups in total. The van der Waals surface area contributed by atoms with Gasteiger partial charge in [-0.25, -0.2) is 9.98 Å². The van der Waals surface area contributed by atoms with Crippen LogP contribution in [0.3, 0.4) is 0 Å². The molecule has 7 heteroatoms. The Morgan fingerprint density at radius 2 is 2.05 bits per heavy atom. The lowest BCUT2D eigenvalue weighted by Gasteiger charge is -2.14. The van der Waals surface area contributed by atoms with Crippen molar-refractivity contribution in [3.63, 3.8) is 0 Å². The molecule has 1 rings (SSSR count). The van der Waals surface area contributed by atoms with E-state index in [0.717, 1.165) is 17.2 Å². The van der Waals surface area contributed by atoms with Crippen LogP contribution in [0.25, 0.3) is 0 Å². The molecule has 1 aromatic rings. The number of rotatable bonds is 5. The highest BCUT2D eigenvalue weighted by atomic mass is 32.1. The Kier molecular flexibility index (Phi) is 6.80. The average molecular weight is 325 g/mol. The number of thiazole rings is 1. The Morgan fingerprint density at radius 1 is 1.36 bits per heavy atom. The summed E-state index contributed by atoms with van der Waals surface area (Å²) in [6.07, 6.45) is 0. The zero-order valence-electron chi connectivity index (χ0n) is 14.4. The first-order chi connectivity index (χ1) is 10.2. The van der Waals surface area contributed by atoms with E-state index in [0.29, 0.717) is 12.5 Å². The van der Waals surface area contributed by atoms with Crippen molar-refractivity contribution in [1.29, 1.82) is 0 Å². The van der Waals surface area contributed by atoms with Gasteiger partial charge in [0.05, 0.1) is 23.8 Å². The SMILES string of the molecule is CCNC(=NCc1csc(C(C)(C)C)n1)NCC(=O)N(C)C. The van der Waals surface area contributed by atoms with Gasteiger partial charge in [-0.1, -0.05) is 20.8 Å². The molecule has 0 fully saturated rings. The van der Waals surface area contributed by atoms with Crippen LogP contribution in [0.4, 0.5) is 0 Å². The highest BCUT2D eigenvalue weighted by molar-refractivity contribution is 7.09. The molecule has 0 saturated heterocycles. The van der Waals surface area contributed by atoms with Crippen molar-refractivity contribution < 1.29 is 4.79 Å². The van der Waals surface area contributed by atoms with Crippen LogP contribution in [0.15, 0.2) is 10.4 Å². The Labute approximate surface area is 137 Å². The number of nitrogens with zero attached hydrogens (tertiary/aromatic N) is 3. The van der Waals surface area contributed by atoms with Crippen LogP contribution in [0.5, 0.6) is 0 Å². The molecule has 1 aromatic heterocycles. The van der Waals surface area contributed by atoms with Crippen LogP contribution in [-0.4, -0.2) is 48.9 Å². The second kappa shape index (κ2) is 8.12. The summed E-state index contributed by atoms with van der Waals surface area (Å²) >= 11 is 1.66. The van der Waals surface area contributed by atoms with Gasteiger partial charge in [-0.05, 0) is 6.92 Å². The van der Waals surface area contributed by atoms with Crippen LogP contribution in [0, 0.1) is 0 Å². The molecular weight excluding hydrogens is 298 g/mol. The number of hydrogen-bond acceptors (Lipinski definition) is 4. The molecule has 0 atom stereocenters. The first kappa shape index (κ1) is 18.4. The zero-order valence-corrected chi connectivity index (χ0v) is 15.2. The Balaban J connectivity index is 2.65. The van der Waals surface area contributed by atoms with Crippen molar-refractivity contribution in [1.82, 2.24) is 20.5 Å². The zero-order chi connectivity index (χ0) is 16.8. The lowest BCUT2D eigenvalue weighted by Crippen LogP contribution is -2.42. The van der Waals surface area contributed by atoms with Crippen LogP contribution in [0.2, 0.25) is 0 Å². The molecule has 22 heavy (non-hydrogen) atoms. The van der Waals surface area contributed by atoms with Crippen LogP contribution < -0.4 is 10.6 Å². The van der Waals surface area contributed by atoms with Gasteiger partial charge in [0, 0.05) is 31.4 Å². The molecule has 0 bridgehead atoms. The smallest absolute Gasteiger partial charge is 0.241 e. The lowest BCUT2D eigenvalue weighted by molar-refractivity contribution is -0.127. The summed E-state index contributed by atoms with van der Waals surface area (Å²) in [4.78, 5) is 22.3. The number of aliphatic imine (C=N–C) groups is 1. The number of hydrogen-bond donors (Lipinski definition) is 2. The van der Waals surface area contributed by atoms with Gasteiger partial charge in [0.25, 0.3) is 0 Å². The number of carbonyl (C=O) groups is 1. The average Bonchev–Trinajstić information content (AvgIpc) is 2.90. The molecule has 0 aliphatic heterocycles. The third kappa shape index (κ3) is 6.01. The summed E-state index contributed by atoms with van der Waals surface area (Å²) < 4.78 is 0. The van der Waals surface area contributed by atoms with Crippen LogP contribution in [-0.2, 0) is 16.8 Å². The van der Waals surface area contributed by atoms with Gasteiger partial charge in [-0.3, -0.25) is 4.79 Å². The first-order valence-electron chi connectivity index (χ1n) is 7.41. The van der Waals surface area contributed by atoms with E-state index in [4.69, 9.17) is 0 Å². The van der Waals surface area contributed by atoms with Crippen molar-refractivity contribution in [3.05, 3.63) is 16.1 Å². The van der Waals surface area contributed by atoms with E-state index in [1.807, 2.05) is 12.3 Å². The van der Waals surface area contributed by atoms with Gasteiger partial charge >= 0.3 is 0 Å². The maximum atomic E-state index is 11.6. The van der Waals surface area contributed by atoms with Gasteiger partial charge in [-0.15, -0.1) is 11.3 Å². The molecule has 0 aliphatic rings. The quantitative estimate of drug-likeness (QED) is 0.637. The minimum absolute atomic E-state index is 0.00859. The molecule has 124 valence electrons. The highest BCUT2D eigenvalue weighted by Gasteiger charge is 2.17. The third-order valence-corrected chi connectivity index (χ3v) is 4.16. The largest absolute Gasteiger partial charge is 0.357 e. The maximum absolute atomic E-state index is 11.6. The molecule has 0 aliphatic carbocycles. The molecule has 6 nitrogen and oxygen atoms in total. The standard InChI is InChI=1S/C15H27N5OS/c1-7-16-14(18-9-12(21)20(5)6)17-8-11-10-22-13(19-11)15(2,3)4/h10H,7-9H2,1-6H3,(H2,16,17,18). The second-order valence-corrected chi connectivity index (χ2v) is 7.09. The summed E-state index contributed by atoms with van der Waals surface area (Å²) in [5, 5.41) is 9.31. The molecule has 0 unspecified atom stereocenters. The van der Waals surface area contributed by atoms with E-state index in [2.05, 4.69) is 41.4 Å². The highest BCUT2D eigenvalue weighted by Crippen LogP contribution is 2.25. The van der Waals surface area contributed by atoms with Crippen molar-refractivity contribution in [3.8, 4) is 0 Å². The van der Waals surface area contributed by atoms with Crippen molar-refractivity contribution in [2.24, 2.45) is 4.99 Å². The number of amides is 1. The normalized spacial score (nSPS) is 12.2. The number of aromatic nitrogens is 1. The van der Waals surface area contributed by atoms with Crippen LogP contribution >= 0.6 is 11.3 Å². The van der Waals surface area contributed by atoms with E-state index in [9.17, 15) is 4.79 Å². The Hall–Kier alpha value is -1.63. The molecular formula is C15H27N5OS. The van der Waals surface area contributed by atoms with Crippen molar-refractivity contribution >= 4 is 23.2 Å². The number of likely N-dealkylation sites (N-methyl/N-ethyl adjacent to an activating group) is 1. The minimum atomic E-state index is 0.00859. The van der Waals surface area contributed by atoms with Gasteiger partial charge in [-0.2, -0.15) is 0 Å². The fourth-order valence-corrected chi connectivity index (χ4v) is 2.44. The molecule has 0 aromatic carbocycles. The van der Waals surface area contributed by atoms with E-state index < -0.39 is 0 Å². The number of guanidine groups is 1. The second-order valence-electron chi connectivity index (χ2n) is 6.23. The molecule has 1 amide bonds. The summed E-state index contributed by atoms with van der Waals surface area (Å²) in [6.45, 7) is 9.91. The maximum Gasteiger partial charge on any atom is 0.241 e. The van der Waals surface area contributed by atoms with E-state index in [1.54, 1.807) is 30.3 Å². The minimum Gasteiger partial charge on any atom is -0.357 e. The topological polar surface area (TPSA) is 69.6 Å². The Bertz CT molecular complexity index is 516. The van der Waals surface area contributed by atoms with Gasteiger partial charge in [0.15, 0.2) is 5.96 Å². The van der Waals surface area contributed by atoms with Gasteiger partial charge in [0.1, 0.15) is 0 Å². The van der Waals surface area contributed by atoms with Crippen molar-refractivity contribution in [2.45, 2.75) is 39.7 Å². The summed E-state index contributed by atoms with van der Waals surface area (Å²) in [7, 11) is 3.47. The van der Waals surface area contributed by atoms with Crippen LogP contribution in [0.1, 0.15) is 38.4 Å². The summed E-state index contributed by atoms with van der Waals surface area (Å²) in [6, 6.07) is 0. The predicted octanol–water partition coefficient (Wildman–Crippen LogP) is 1.58.